The van der Waals surface area contributed by atoms with Crippen molar-refractivity contribution in [2.45, 2.75) is 19.9 Å². The first-order valence-corrected chi connectivity index (χ1v) is 7.18. The number of rotatable bonds is 5. The molecule has 0 amide bonds. The molecule has 2 heterocycles. The van der Waals surface area contributed by atoms with Crippen LogP contribution in [0.5, 0.6) is 0 Å². The lowest BCUT2D eigenvalue weighted by Gasteiger charge is -2.39. The SMILES string of the molecule is CC(C)CN1CCN(C(CO)c2cccnc2)CC1. The Labute approximate surface area is 116 Å². The summed E-state index contributed by atoms with van der Waals surface area (Å²) in [7, 11) is 0. The van der Waals surface area contributed by atoms with E-state index in [1.165, 1.54) is 6.54 Å². The van der Waals surface area contributed by atoms with Crippen molar-refractivity contribution in [2.24, 2.45) is 5.92 Å². The Kier molecular flexibility index (Phi) is 5.31. The van der Waals surface area contributed by atoms with Crippen LogP contribution in [-0.2, 0) is 0 Å². The summed E-state index contributed by atoms with van der Waals surface area (Å²) in [6, 6.07) is 4.08. The molecule has 0 bridgehead atoms. The second-order valence-corrected chi connectivity index (χ2v) is 5.72. The lowest BCUT2D eigenvalue weighted by atomic mass is 10.1. The normalized spacial score (nSPS) is 19.8. The van der Waals surface area contributed by atoms with Crippen molar-refractivity contribution in [3.63, 3.8) is 0 Å². The summed E-state index contributed by atoms with van der Waals surface area (Å²) < 4.78 is 0. The number of hydrogen-bond acceptors (Lipinski definition) is 4. The van der Waals surface area contributed by atoms with Crippen LogP contribution in [0.3, 0.4) is 0 Å². The molecule has 1 atom stereocenters. The van der Waals surface area contributed by atoms with Crippen LogP contribution in [0.1, 0.15) is 25.5 Å². The lowest BCUT2D eigenvalue weighted by Crippen LogP contribution is -2.49. The van der Waals surface area contributed by atoms with Gasteiger partial charge in [0.25, 0.3) is 0 Å². The molecule has 106 valence electrons. The molecule has 1 aliphatic rings. The molecule has 4 heteroatoms. The number of pyridine rings is 1. The minimum Gasteiger partial charge on any atom is -0.394 e. The average molecular weight is 263 g/mol. The summed E-state index contributed by atoms with van der Waals surface area (Å²) in [6.45, 7) is 10.1. The number of piperazine rings is 1. The van der Waals surface area contributed by atoms with Gasteiger partial charge in [0.1, 0.15) is 0 Å². The van der Waals surface area contributed by atoms with Crippen LogP contribution in [0, 0.1) is 5.92 Å². The molecule has 1 aliphatic heterocycles. The fraction of sp³-hybridized carbons (Fsp3) is 0.667. The average Bonchev–Trinajstić information content (AvgIpc) is 2.42. The Morgan fingerprint density at radius 1 is 1.26 bits per heavy atom. The Bertz CT molecular complexity index is 361. The van der Waals surface area contributed by atoms with Crippen molar-refractivity contribution in [1.82, 2.24) is 14.8 Å². The van der Waals surface area contributed by atoms with Gasteiger partial charge in [-0.3, -0.25) is 9.88 Å². The molecule has 0 aliphatic carbocycles. The van der Waals surface area contributed by atoms with Gasteiger partial charge >= 0.3 is 0 Å². The van der Waals surface area contributed by atoms with Crippen LogP contribution >= 0.6 is 0 Å². The maximum absolute atomic E-state index is 9.66. The largest absolute Gasteiger partial charge is 0.394 e. The molecule has 0 radical (unpaired) electrons. The van der Waals surface area contributed by atoms with Gasteiger partial charge in [-0.1, -0.05) is 19.9 Å². The van der Waals surface area contributed by atoms with E-state index >= 15 is 0 Å². The minimum atomic E-state index is 0.0925. The second-order valence-electron chi connectivity index (χ2n) is 5.72. The van der Waals surface area contributed by atoms with E-state index in [0.717, 1.165) is 37.7 Å². The summed E-state index contributed by atoms with van der Waals surface area (Å²) in [6.07, 6.45) is 3.64. The van der Waals surface area contributed by atoms with Crippen LogP contribution in [-0.4, -0.2) is 59.2 Å². The number of aliphatic hydroxyl groups is 1. The Morgan fingerprint density at radius 2 is 2.00 bits per heavy atom. The van der Waals surface area contributed by atoms with Crippen LogP contribution in [0.4, 0.5) is 0 Å². The zero-order valence-electron chi connectivity index (χ0n) is 12.0. The van der Waals surface area contributed by atoms with Crippen molar-refractivity contribution in [3.8, 4) is 0 Å². The van der Waals surface area contributed by atoms with E-state index in [1.54, 1.807) is 6.20 Å². The van der Waals surface area contributed by atoms with E-state index < -0.39 is 0 Å². The van der Waals surface area contributed by atoms with Gasteiger partial charge in [-0.15, -0.1) is 0 Å². The van der Waals surface area contributed by atoms with Crippen LogP contribution in [0.15, 0.2) is 24.5 Å². The van der Waals surface area contributed by atoms with E-state index in [9.17, 15) is 5.11 Å². The fourth-order valence-electron chi connectivity index (χ4n) is 2.78. The van der Waals surface area contributed by atoms with Crippen molar-refractivity contribution in [3.05, 3.63) is 30.1 Å². The van der Waals surface area contributed by atoms with E-state index in [0.29, 0.717) is 0 Å². The van der Waals surface area contributed by atoms with E-state index in [-0.39, 0.29) is 12.6 Å². The van der Waals surface area contributed by atoms with Crippen molar-refractivity contribution < 1.29 is 5.11 Å². The van der Waals surface area contributed by atoms with E-state index in [1.807, 2.05) is 18.3 Å². The summed E-state index contributed by atoms with van der Waals surface area (Å²) in [5.41, 5.74) is 1.11. The first kappa shape index (κ1) is 14.4. The predicted octanol–water partition coefficient (Wildman–Crippen LogP) is 1.39. The monoisotopic (exact) mass is 263 g/mol. The highest BCUT2D eigenvalue weighted by Gasteiger charge is 2.24. The molecule has 1 saturated heterocycles. The third-order valence-corrected chi connectivity index (χ3v) is 3.71. The predicted molar refractivity (Wildman–Crippen MR) is 76.9 cm³/mol. The van der Waals surface area contributed by atoms with Crippen LogP contribution in [0.2, 0.25) is 0 Å². The minimum absolute atomic E-state index is 0.0925. The highest BCUT2D eigenvalue weighted by atomic mass is 16.3. The summed E-state index contributed by atoms with van der Waals surface area (Å²) in [4.78, 5) is 9.04. The number of aliphatic hydroxyl groups excluding tert-OH is 1. The summed E-state index contributed by atoms with van der Waals surface area (Å²) >= 11 is 0. The summed E-state index contributed by atoms with van der Waals surface area (Å²) in [5.74, 6) is 0.721. The Hall–Kier alpha value is -0.970. The molecule has 1 aromatic heterocycles. The Morgan fingerprint density at radius 3 is 2.53 bits per heavy atom. The highest BCUT2D eigenvalue weighted by Crippen LogP contribution is 2.21. The van der Waals surface area contributed by atoms with Crippen LogP contribution < -0.4 is 0 Å². The van der Waals surface area contributed by atoms with Crippen molar-refractivity contribution in [2.75, 3.05) is 39.3 Å². The highest BCUT2D eigenvalue weighted by molar-refractivity contribution is 5.14. The fourth-order valence-corrected chi connectivity index (χ4v) is 2.78. The van der Waals surface area contributed by atoms with Gasteiger partial charge in [-0.05, 0) is 17.5 Å². The summed E-state index contributed by atoms with van der Waals surface area (Å²) in [5, 5.41) is 9.66. The molecule has 0 spiro atoms. The first-order chi connectivity index (χ1) is 9.20. The quantitative estimate of drug-likeness (QED) is 0.871. The standard InChI is InChI=1S/C15H25N3O/c1-13(2)11-17-6-8-18(9-7-17)15(12-19)14-4-3-5-16-10-14/h3-5,10,13,15,19H,6-9,11-12H2,1-2H3. The molecular weight excluding hydrogens is 238 g/mol. The molecule has 1 fully saturated rings. The molecule has 4 nitrogen and oxygen atoms in total. The number of aromatic nitrogens is 1. The van der Waals surface area contributed by atoms with E-state index in [4.69, 9.17) is 0 Å². The zero-order chi connectivity index (χ0) is 13.7. The second kappa shape index (κ2) is 6.98. The molecule has 19 heavy (non-hydrogen) atoms. The molecule has 0 aromatic carbocycles. The number of hydrogen-bond donors (Lipinski definition) is 1. The third-order valence-electron chi connectivity index (χ3n) is 3.71. The lowest BCUT2D eigenvalue weighted by molar-refractivity contribution is 0.0605. The molecule has 0 saturated carbocycles. The van der Waals surface area contributed by atoms with Crippen molar-refractivity contribution >= 4 is 0 Å². The molecule has 1 aromatic rings. The molecule has 1 N–H and O–H groups in total. The van der Waals surface area contributed by atoms with E-state index in [2.05, 4.69) is 28.6 Å². The van der Waals surface area contributed by atoms with Gasteiger partial charge in [0.2, 0.25) is 0 Å². The first-order valence-electron chi connectivity index (χ1n) is 7.18. The maximum atomic E-state index is 9.66. The number of nitrogens with zero attached hydrogens (tertiary/aromatic N) is 3. The molecule has 2 rings (SSSR count). The van der Waals surface area contributed by atoms with Crippen molar-refractivity contribution in [1.29, 1.82) is 0 Å². The van der Waals surface area contributed by atoms with Gasteiger partial charge in [0.05, 0.1) is 12.6 Å². The smallest absolute Gasteiger partial charge is 0.0629 e. The maximum Gasteiger partial charge on any atom is 0.0629 e. The Balaban J connectivity index is 1.92. The molecule has 1 unspecified atom stereocenters. The van der Waals surface area contributed by atoms with Gasteiger partial charge in [0.15, 0.2) is 0 Å². The van der Waals surface area contributed by atoms with Gasteiger partial charge in [-0.25, -0.2) is 0 Å². The van der Waals surface area contributed by atoms with Gasteiger partial charge < -0.3 is 10.0 Å². The van der Waals surface area contributed by atoms with Gasteiger partial charge in [-0.2, -0.15) is 0 Å². The molecular formula is C15H25N3O. The van der Waals surface area contributed by atoms with Gasteiger partial charge in [0, 0.05) is 45.1 Å². The topological polar surface area (TPSA) is 39.6 Å². The zero-order valence-corrected chi connectivity index (χ0v) is 12.0. The third kappa shape index (κ3) is 4.00. The van der Waals surface area contributed by atoms with Crippen LogP contribution in [0.25, 0.3) is 0 Å².